The van der Waals surface area contributed by atoms with Crippen LogP contribution in [0.15, 0.2) is 22.7 Å². The Morgan fingerprint density at radius 2 is 1.89 bits per heavy atom. The fraction of sp³-hybridized carbons (Fsp3) is 0.462. The molecule has 0 bridgehead atoms. The van der Waals surface area contributed by atoms with Gasteiger partial charge in [0.15, 0.2) is 0 Å². The van der Waals surface area contributed by atoms with Crippen molar-refractivity contribution in [1.29, 1.82) is 0 Å². The van der Waals surface area contributed by atoms with E-state index in [4.69, 9.17) is 0 Å². The third-order valence-corrected chi connectivity index (χ3v) is 3.78. The molecule has 0 heterocycles. The second-order valence-corrected chi connectivity index (χ2v) is 6.12. The molecule has 0 atom stereocenters. The number of rotatable bonds is 3. The number of carbonyl (C=O) groups is 1. The molecular formula is C13H17BrFNO2. The quantitative estimate of drug-likeness (QED) is 0.900. The summed E-state index contributed by atoms with van der Waals surface area (Å²) in [4.78, 5) is 12.0. The molecule has 3 nitrogen and oxygen atoms in total. The Bertz CT molecular complexity index is 467. The second-order valence-electron chi connectivity index (χ2n) is 5.27. The number of benzene rings is 1. The summed E-state index contributed by atoms with van der Waals surface area (Å²) in [5, 5.41) is 12.6. The van der Waals surface area contributed by atoms with E-state index in [9.17, 15) is 14.3 Å². The van der Waals surface area contributed by atoms with Crippen molar-refractivity contribution >= 4 is 21.8 Å². The molecule has 0 aliphatic heterocycles. The monoisotopic (exact) mass is 317 g/mol. The third-order valence-electron chi connectivity index (χ3n) is 3.14. The molecule has 1 rings (SSSR count). The number of nitrogens with one attached hydrogen (secondary N) is 1. The van der Waals surface area contributed by atoms with E-state index in [1.54, 1.807) is 27.7 Å². The Balaban J connectivity index is 2.93. The lowest BCUT2D eigenvalue weighted by Crippen LogP contribution is -2.57. The minimum absolute atomic E-state index is 0.216. The summed E-state index contributed by atoms with van der Waals surface area (Å²) in [6.45, 7) is 6.63. The van der Waals surface area contributed by atoms with Crippen LogP contribution in [0, 0.1) is 5.82 Å². The van der Waals surface area contributed by atoms with Crippen LogP contribution in [0.4, 0.5) is 4.39 Å². The molecule has 0 saturated heterocycles. The van der Waals surface area contributed by atoms with Gasteiger partial charge in [0.2, 0.25) is 0 Å². The van der Waals surface area contributed by atoms with Crippen molar-refractivity contribution in [2.75, 3.05) is 0 Å². The highest BCUT2D eigenvalue weighted by Gasteiger charge is 2.36. The molecule has 1 amide bonds. The zero-order valence-electron chi connectivity index (χ0n) is 10.8. The fourth-order valence-electron chi connectivity index (χ4n) is 1.15. The van der Waals surface area contributed by atoms with Crippen molar-refractivity contribution < 1.29 is 14.3 Å². The van der Waals surface area contributed by atoms with E-state index in [-0.39, 0.29) is 5.56 Å². The van der Waals surface area contributed by atoms with Crippen LogP contribution in [0.1, 0.15) is 38.1 Å². The van der Waals surface area contributed by atoms with Crippen molar-refractivity contribution in [1.82, 2.24) is 5.32 Å². The summed E-state index contributed by atoms with van der Waals surface area (Å²) in [5.41, 5.74) is -1.70. The molecular weight excluding hydrogens is 301 g/mol. The molecule has 18 heavy (non-hydrogen) atoms. The average molecular weight is 318 g/mol. The lowest BCUT2D eigenvalue weighted by molar-refractivity contribution is -0.00293. The highest BCUT2D eigenvalue weighted by atomic mass is 79.9. The Kier molecular flexibility index (Phi) is 4.18. The summed E-state index contributed by atoms with van der Waals surface area (Å²) in [7, 11) is 0. The number of aliphatic hydroxyl groups is 1. The van der Waals surface area contributed by atoms with Crippen molar-refractivity contribution in [2.24, 2.45) is 0 Å². The van der Waals surface area contributed by atoms with Gasteiger partial charge in [-0.2, -0.15) is 0 Å². The molecule has 0 radical (unpaired) electrons. The minimum Gasteiger partial charge on any atom is -0.388 e. The summed E-state index contributed by atoms with van der Waals surface area (Å²) in [6.07, 6.45) is 0. The van der Waals surface area contributed by atoms with Crippen molar-refractivity contribution in [3.63, 3.8) is 0 Å². The van der Waals surface area contributed by atoms with E-state index in [2.05, 4.69) is 21.2 Å². The van der Waals surface area contributed by atoms with Crippen LogP contribution in [0.2, 0.25) is 0 Å². The largest absolute Gasteiger partial charge is 0.388 e. The van der Waals surface area contributed by atoms with Crippen LogP contribution in [0.5, 0.6) is 0 Å². The Morgan fingerprint density at radius 3 is 2.33 bits per heavy atom. The first kappa shape index (κ1) is 15.1. The molecule has 0 aliphatic carbocycles. The van der Waals surface area contributed by atoms with E-state index in [1.165, 1.54) is 12.1 Å². The highest BCUT2D eigenvalue weighted by Crippen LogP contribution is 2.22. The summed E-state index contributed by atoms with van der Waals surface area (Å²) < 4.78 is 13.6. The lowest BCUT2D eigenvalue weighted by atomic mass is 9.86. The standard InChI is InChI=1S/C13H17BrFNO2/c1-12(2,13(3,4)18)16-11(17)8-5-6-9(14)10(15)7-8/h5-7,18H,1-4H3,(H,16,17). The fourth-order valence-corrected chi connectivity index (χ4v) is 1.39. The van der Waals surface area contributed by atoms with E-state index in [0.29, 0.717) is 4.47 Å². The van der Waals surface area contributed by atoms with Crippen molar-refractivity contribution in [3.05, 3.63) is 34.1 Å². The van der Waals surface area contributed by atoms with Crippen LogP contribution < -0.4 is 5.32 Å². The molecule has 0 unspecified atom stereocenters. The first-order valence-electron chi connectivity index (χ1n) is 5.54. The molecule has 2 N–H and O–H groups in total. The number of halogens is 2. The molecule has 0 aliphatic rings. The first-order valence-corrected chi connectivity index (χ1v) is 6.34. The normalized spacial score (nSPS) is 12.4. The predicted molar refractivity (Wildman–Crippen MR) is 71.9 cm³/mol. The SMILES string of the molecule is CC(C)(O)C(C)(C)NC(=O)c1ccc(Br)c(F)c1. The van der Waals surface area contributed by atoms with E-state index in [1.807, 2.05) is 0 Å². The lowest BCUT2D eigenvalue weighted by Gasteiger charge is -2.38. The molecule has 0 saturated carbocycles. The van der Waals surface area contributed by atoms with Gasteiger partial charge in [0.25, 0.3) is 5.91 Å². The summed E-state index contributed by atoms with van der Waals surface area (Å²) >= 11 is 3.02. The number of amides is 1. The third kappa shape index (κ3) is 3.29. The van der Waals surface area contributed by atoms with E-state index < -0.39 is 22.9 Å². The Morgan fingerprint density at radius 1 is 1.33 bits per heavy atom. The molecule has 1 aromatic rings. The first-order chi connectivity index (χ1) is 8.04. The van der Waals surface area contributed by atoms with Gasteiger partial charge in [-0.1, -0.05) is 0 Å². The molecule has 1 aromatic carbocycles. The molecule has 0 aromatic heterocycles. The zero-order valence-corrected chi connectivity index (χ0v) is 12.4. The topological polar surface area (TPSA) is 49.3 Å². The number of hydrogen-bond acceptors (Lipinski definition) is 2. The van der Waals surface area contributed by atoms with Gasteiger partial charge in [-0.15, -0.1) is 0 Å². The van der Waals surface area contributed by atoms with E-state index in [0.717, 1.165) is 6.07 Å². The van der Waals surface area contributed by atoms with Crippen LogP contribution >= 0.6 is 15.9 Å². The molecule has 0 fully saturated rings. The number of carbonyl (C=O) groups excluding carboxylic acids is 1. The zero-order chi connectivity index (χ0) is 14.1. The average Bonchev–Trinajstić information content (AvgIpc) is 2.19. The van der Waals surface area contributed by atoms with Crippen molar-refractivity contribution in [2.45, 2.75) is 38.8 Å². The predicted octanol–water partition coefficient (Wildman–Crippen LogP) is 2.87. The van der Waals surface area contributed by atoms with Gasteiger partial charge < -0.3 is 10.4 Å². The van der Waals surface area contributed by atoms with Crippen LogP contribution in [-0.2, 0) is 0 Å². The minimum atomic E-state index is -1.09. The number of hydrogen-bond donors (Lipinski definition) is 2. The maximum absolute atomic E-state index is 13.3. The van der Waals surface area contributed by atoms with Gasteiger partial charge in [-0.25, -0.2) is 4.39 Å². The Labute approximate surface area is 115 Å². The molecule has 100 valence electrons. The van der Waals surface area contributed by atoms with Crippen LogP contribution in [0.3, 0.4) is 0 Å². The summed E-state index contributed by atoms with van der Waals surface area (Å²) in [5.74, 6) is -0.919. The van der Waals surface area contributed by atoms with Gasteiger partial charge >= 0.3 is 0 Å². The maximum atomic E-state index is 13.3. The van der Waals surface area contributed by atoms with E-state index >= 15 is 0 Å². The van der Waals surface area contributed by atoms with Crippen LogP contribution in [-0.4, -0.2) is 22.2 Å². The molecule has 0 spiro atoms. The van der Waals surface area contributed by atoms with Gasteiger partial charge in [0.1, 0.15) is 5.82 Å². The Hall–Kier alpha value is -0.940. The van der Waals surface area contributed by atoms with Gasteiger partial charge in [0, 0.05) is 5.56 Å². The summed E-state index contributed by atoms with van der Waals surface area (Å²) in [6, 6.07) is 4.14. The van der Waals surface area contributed by atoms with Gasteiger partial charge in [-0.3, -0.25) is 4.79 Å². The smallest absolute Gasteiger partial charge is 0.251 e. The maximum Gasteiger partial charge on any atom is 0.251 e. The van der Waals surface area contributed by atoms with Crippen LogP contribution in [0.25, 0.3) is 0 Å². The molecule has 5 heteroatoms. The van der Waals surface area contributed by atoms with Gasteiger partial charge in [-0.05, 0) is 61.8 Å². The van der Waals surface area contributed by atoms with Crippen molar-refractivity contribution in [3.8, 4) is 0 Å². The second kappa shape index (κ2) is 4.97. The van der Waals surface area contributed by atoms with Gasteiger partial charge in [0.05, 0.1) is 15.6 Å². The highest BCUT2D eigenvalue weighted by molar-refractivity contribution is 9.10.